The number of nitrogens with zero attached hydrogens (tertiary/aromatic N) is 2. The summed E-state index contributed by atoms with van der Waals surface area (Å²) in [6.07, 6.45) is 12.0. The van der Waals surface area contributed by atoms with Crippen LogP contribution >= 0.6 is 0 Å². The van der Waals surface area contributed by atoms with Crippen molar-refractivity contribution in [2.75, 3.05) is 6.61 Å². The Bertz CT molecular complexity index is 406. The molecule has 20 heavy (non-hydrogen) atoms. The third-order valence-corrected chi connectivity index (χ3v) is 4.67. The van der Waals surface area contributed by atoms with Crippen molar-refractivity contribution in [3.05, 3.63) is 18.0 Å². The molecule has 2 atom stereocenters. The van der Waals surface area contributed by atoms with E-state index >= 15 is 0 Å². The third kappa shape index (κ3) is 3.41. The fourth-order valence-electron chi connectivity index (χ4n) is 3.45. The molecule has 1 saturated carbocycles. The maximum Gasteiger partial charge on any atom is 0.0857 e. The van der Waals surface area contributed by atoms with Crippen LogP contribution in [0, 0.1) is 0 Å². The first-order valence-electron chi connectivity index (χ1n) is 8.16. The quantitative estimate of drug-likeness (QED) is 0.921. The SMILES string of the molecule is OC(Cc1ccn(C2CCCCC2)n1)C1CCCCO1. The van der Waals surface area contributed by atoms with Crippen LogP contribution in [0.1, 0.15) is 63.1 Å². The van der Waals surface area contributed by atoms with Crippen molar-refractivity contribution in [2.24, 2.45) is 0 Å². The summed E-state index contributed by atoms with van der Waals surface area (Å²) < 4.78 is 7.76. The van der Waals surface area contributed by atoms with Crippen molar-refractivity contribution >= 4 is 0 Å². The van der Waals surface area contributed by atoms with E-state index in [1.807, 2.05) is 0 Å². The molecule has 1 N–H and O–H groups in total. The van der Waals surface area contributed by atoms with Crippen molar-refractivity contribution in [2.45, 2.75) is 76.0 Å². The van der Waals surface area contributed by atoms with Crippen LogP contribution in [0.25, 0.3) is 0 Å². The summed E-state index contributed by atoms with van der Waals surface area (Å²) in [6.45, 7) is 0.790. The molecule has 1 saturated heterocycles. The van der Waals surface area contributed by atoms with Crippen LogP contribution in [0.2, 0.25) is 0 Å². The summed E-state index contributed by atoms with van der Waals surface area (Å²) in [6, 6.07) is 2.63. The van der Waals surface area contributed by atoms with Gasteiger partial charge in [-0.1, -0.05) is 19.3 Å². The Morgan fingerprint density at radius 2 is 2.00 bits per heavy atom. The van der Waals surface area contributed by atoms with E-state index in [0.717, 1.165) is 31.6 Å². The molecule has 0 aromatic carbocycles. The molecule has 1 aromatic rings. The number of hydrogen-bond donors (Lipinski definition) is 1. The lowest BCUT2D eigenvalue weighted by molar-refractivity contribution is -0.0614. The van der Waals surface area contributed by atoms with Gasteiger partial charge in [0, 0.05) is 19.2 Å². The van der Waals surface area contributed by atoms with Crippen molar-refractivity contribution < 1.29 is 9.84 Å². The van der Waals surface area contributed by atoms with Gasteiger partial charge in [0.15, 0.2) is 0 Å². The van der Waals surface area contributed by atoms with Gasteiger partial charge in [-0.25, -0.2) is 0 Å². The van der Waals surface area contributed by atoms with E-state index in [0.29, 0.717) is 12.5 Å². The molecule has 0 radical (unpaired) electrons. The van der Waals surface area contributed by atoms with E-state index in [-0.39, 0.29) is 6.10 Å². The predicted molar refractivity (Wildman–Crippen MR) is 77.7 cm³/mol. The first-order chi connectivity index (χ1) is 9.83. The summed E-state index contributed by atoms with van der Waals surface area (Å²) in [5.41, 5.74) is 0.997. The van der Waals surface area contributed by atoms with Crippen molar-refractivity contribution in [1.29, 1.82) is 0 Å². The highest BCUT2D eigenvalue weighted by Gasteiger charge is 2.24. The standard InChI is InChI=1S/C16H26N2O2/c19-15(16-8-4-5-11-20-16)12-13-9-10-18(17-13)14-6-2-1-3-7-14/h9-10,14-16,19H,1-8,11-12H2. The van der Waals surface area contributed by atoms with Crippen LogP contribution in [0.5, 0.6) is 0 Å². The van der Waals surface area contributed by atoms with Crippen molar-refractivity contribution in [3.8, 4) is 0 Å². The predicted octanol–water partition coefficient (Wildman–Crippen LogP) is 2.86. The van der Waals surface area contributed by atoms with Crippen LogP contribution < -0.4 is 0 Å². The van der Waals surface area contributed by atoms with Crippen LogP contribution in [-0.2, 0) is 11.2 Å². The average molecular weight is 278 g/mol. The first kappa shape index (κ1) is 14.1. The Hall–Kier alpha value is -0.870. The molecule has 4 nitrogen and oxygen atoms in total. The lowest BCUT2D eigenvalue weighted by atomic mass is 9.96. The van der Waals surface area contributed by atoms with Gasteiger partial charge in [-0.3, -0.25) is 4.68 Å². The van der Waals surface area contributed by atoms with Gasteiger partial charge in [0.2, 0.25) is 0 Å². The van der Waals surface area contributed by atoms with Gasteiger partial charge in [0.05, 0.1) is 23.9 Å². The molecule has 0 bridgehead atoms. The van der Waals surface area contributed by atoms with Gasteiger partial charge in [-0.15, -0.1) is 0 Å². The highest BCUT2D eigenvalue weighted by molar-refractivity contribution is 5.02. The second-order valence-electron chi connectivity index (χ2n) is 6.26. The number of rotatable bonds is 4. The third-order valence-electron chi connectivity index (χ3n) is 4.67. The first-order valence-corrected chi connectivity index (χ1v) is 8.16. The molecule has 0 amide bonds. The second kappa shape index (κ2) is 6.72. The maximum atomic E-state index is 10.3. The monoisotopic (exact) mass is 278 g/mol. The molecule has 2 unspecified atom stereocenters. The molecule has 1 aromatic heterocycles. The zero-order valence-electron chi connectivity index (χ0n) is 12.2. The molecule has 3 rings (SSSR count). The number of ether oxygens (including phenoxy) is 1. The number of aliphatic hydroxyl groups excluding tert-OH is 1. The van der Waals surface area contributed by atoms with E-state index in [1.165, 1.54) is 32.1 Å². The van der Waals surface area contributed by atoms with Crippen LogP contribution in [0.4, 0.5) is 0 Å². The normalized spacial score (nSPS) is 26.6. The Labute approximate surface area is 121 Å². The van der Waals surface area contributed by atoms with Gasteiger partial charge in [-0.05, 0) is 38.2 Å². The topological polar surface area (TPSA) is 47.3 Å². The Morgan fingerprint density at radius 3 is 2.75 bits per heavy atom. The van der Waals surface area contributed by atoms with Crippen LogP contribution in [0.3, 0.4) is 0 Å². The molecule has 2 fully saturated rings. The van der Waals surface area contributed by atoms with Crippen molar-refractivity contribution in [1.82, 2.24) is 9.78 Å². The van der Waals surface area contributed by atoms with Crippen LogP contribution in [0.15, 0.2) is 12.3 Å². The van der Waals surface area contributed by atoms with Gasteiger partial charge < -0.3 is 9.84 Å². The number of hydrogen-bond acceptors (Lipinski definition) is 3. The van der Waals surface area contributed by atoms with Gasteiger partial charge in [0.1, 0.15) is 0 Å². The fraction of sp³-hybridized carbons (Fsp3) is 0.812. The molecule has 1 aliphatic carbocycles. The highest BCUT2D eigenvalue weighted by atomic mass is 16.5. The van der Waals surface area contributed by atoms with Gasteiger partial charge in [0.25, 0.3) is 0 Å². The lowest BCUT2D eigenvalue weighted by Crippen LogP contribution is -2.33. The fourth-order valence-corrected chi connectivity index (χ4v) is 3.45. The van der Waals surface area contributed by atoms with Crippen LogP contribution in [-0.4, -0.2) is 33.7 Å². The summed E-state index contributed by atoms with van der Waals surface area (Å²) in [5.74, 6) is 0. The zero-order chi connectivity index (χ0) is 13.8. The van der Waals surface area contributed by atoms with Gasteiger partial charge in [-0.2, -0.15) is 5.10 Å². The van der Waals surface area contributed by atoms with E-state index in [1.54, 1.807) is 0 Å². The Kier molecular flexibility index (Phi) is 4.73. The molecule has 2 heterocycles. The second-order valence-corrected chi connectivity index (χ2v) is 6.26. The summed E-state index contributed by atoms with van der Waals surface area (Å²) in [4.78, 5) is 0. The minimum Gasteiger partial charge on any atom is -0.390 e. The molecular weight excluding hydrogens is 252 g/mol. The van der Waals surface area contributed by atoms with E-state index in [4.69, 9.17) is 4.74 Å². The number of aliphatic hydroxyl groups is 1. The molecule has 4 heteroatoms. The minimum absolute atomic E-state index is 0.00332. The smallest absolute Gasteiger partial charge is 0.0857 e. The van der Waals surface area contributed by atoms with E-state index in [2.05, 4.69) is 22.0 Å². The largest absolute Gasteiger partial charge is 0.390 e. The molecule has 0 spiro atoms. The Morgan fingerprint density at radius 1 is 1.20 bits per heavy atom. The minimum atomic E-state index is -0.412. The highest BCUT2D eigenvalue weighted by Crippen LogP contribution is 2.27. The summed E-state index contributed by atoms with van der Waals surface area (Å²) in [7, 11) is 0. The molecule has 2 aliphatic rings. The Balaban J connectivity index is 1.56. The summed E-state index contributed by atoms with van der Waals surface area (Å²) in [5, 5.41) is 14.9. The average Bonchev–Trinajstić information content (AvgIpc) is 2.97. The van der Waals surface area contributed by atoms with E-state index < -0.39 is 6.10 Å². The number of aromatic nitrogens is 2. The summed E-state index contributed by atoms with van der Waals surface area (Å²) >= 11 is 0. The van der Waals surface area contributed by atoms with E-state index in [9.17, 15) is 5.11 Å². The molecule has 1 aliphatic heterocycles. The molecule has 112 valence electrons. The lowest BCUT2D eigenvalue weighted by Gasteiger charge is -2.26. The zero-order valence-corrected chi connectivity index (χ0v) is 12.2. The maximum absolute atomic E-state index is 10.3. The molecular formula is C16H26N2O2. The van der Waals surface area contributed by atoms with Gasteiger partial charge >= 0.3 is 0 Å². The van der Waals surface area contributed by atoms with Crippen molar-refractivity contribution in [3.63, 3.8) is 0 Å².